The van der Waals surface area contributed by atoms with Gasteiger partial charge in [-0.25, -0.2) is 13.6 Å². The Morgan fingerprint density at radius 2 is 1.87 bits per heavy atom. The molecule has 4 rings (SSSR count). The lowest BCUT2D eigenvalue weighted by Gasteiger charge is -2.49. The Bertz CT molecular complexity index is 1520. The van der Waals surface area contributed by atoms with Crippen LogP contribution in [0.4, 0.5) is 20.2 Å². The molecule has 1 saturated heterocycles. The van der Waals surface area contributed by atoms with E-state index in [0.29, 0.717) is 13.1 Å². The Labute approximate surface area is 225 Å². The molecule has 1 aliphatic rings. The number of nitrogen functional groups attached to an aromatic ring is 1. The molecule has 0 spiro atoms. The molecule has 202 valence electrons. The van der Waals surface area contributed by atoms with Crippen LogP contribution in [-0.4, -0.2) is 48.8 Å². The largest absolute Gasteiger partial charge is 0.462 e. The molecule has 0 saturated carbocycles. The van der Waals surface area contributed by atoms with E-state index in [4.69, 9.17) is 15.2 Å². The van der Waals surface area contributed by atoms with Gasteiger partial charge in [0.1, 0.15) is 23.8 Å². The molecule has 2 aromatic carbocycles. The van der Waals surface area contributed by atoms with Gasteiger partial charge in [0.15, 0.2) is 0 Å². The van der Waals surface area contributed by atoms with Crippen LogP contribution in [0.25, 0.3) is 16.6 Å². The molecule has 0 atom stereocenters. The van der Waals surface area contributed by atoms with E-state index in [1.807, 2.05) is 18.9 Å². The number of nitrogens with zero attached hydrogens (tertiary/aromatic N) is 2. The van der Waals surface area contributed by atoms with Crippen molar-refractivity contribution in [1.29, 1.82) is 0 Å². The number of likely N-dealkylation sites (N-methyl/N-ethyl adjacent to an activating group) is 1. The summed E-state index contributed by atoms with van der Waals surface area (Å²) in [5.41, 5.74) is 5.21. The predicted molar refractivity (Wildman–Crippen MR) is 143 cm³/mol. The minimum absolute atomic E-state index is 0.00763. The van der Waals surface area contributed by atoms with Gasteiger partial charge in [-0.05, 0) is 55.0 Å². The lowest BCUT2D eigenvalue weighted by molar-refractivity contribution is -0.142. The summed E-state index contributed by atoms with van der Waals surface area (Å²) in [6, 6.07) is 3.47. The Kier molecular flexibility index (Phi) is 7.48. The fourth-order valence-electron chi connectivity index (χ4n) is 4.49. The number of rotatable bonds is 7. The summed E-state index contributed by atoms with van der Waals surface area (Å²) < 4.78 is 41.9. The van der Waals surface area contributed by atoms with Gasteiger partial charge in [0, 0.05) is 31.8 Å². The first kappa shape index (κ1) is 27.5. The van der Waals surface area contributed by atoms with Crippen LogP contribution in [0.2, 0.25) is 0 Å². The number of nitrogens with one attached hydrogen (secondary N) is 1. The van der Waals surface area contributed by atoms with Crippen LogP contribution < -0.4 is 21.4 Å². The van der Waals surface area contributed by atoms with E-state index in [2.05, 4.69) is 21.2 Å². The highest BCUT2D eigenvalue weighted by molar-refractivity contribution is 9.10. The molecule has 0 aliphatic carbocycles. The van der Waals surface area contributed by atoms with E-state index < -0.39 is 29.0 Å². The number of nitrogens with two attached hydrogens (primary N) is 1. The van der Waals surface area contributed by atoms with E-state index in [-0.39, 0.29) is 62.3 Å². The van der Waals surface area contributed by atoms with Gasteiger partial charge in [0.2, 0.25) is 5.43 Å². The third kappa shape index (κ3) is 4.85. The van der Waals surface area contributed by atoms with Crippen molar-refractivity contribution in [3.8, 4) is 5.69 Å². The van der Waals surface area contributed by atoms with Crippen LogP contribution in [0.1, 0.15) is 36.7 Å². The van der Waals surface area contributed by atoms with Crippen LogP contribution >= 0.6 is 15.9 Å². The minimum atomic E-state index is -0.905. The van der Waals surface area contributed by atoms with Crippen molar-refractivity contribution >= 4 is 50.1 Å². The van der Waals surface area contributed by atoms with Crippen LogP contribution in [0.3, 0.4) is 0 Å². The molecule has 9 nitrogen and oxygen atoms in total. The number of halogens is 3. The average Bonchev–Trinajstić information content (AvgIpc) is 2.84. The van der Waals surface area contributed by atoms with Crippen LogP contribution in [0, 0.1) is 11.6 Å². The fourth-order valence-corrected chi connectivity index (χ4v) is 5.33. The van der Waals surface area contributed by atoms with Crippen molar-refractivity contribution in [1.82, 2.24) is 9.88 Å². The quantitative estimate of drug-likeness (QED) is 0.315. The van der Waals surface area contributed by atoms with Crippen molar-refractivity contribution in [3.63, 3.8) is 0 Å². The summed E-state index contributed by atoms with van der Waals surface area (Å²) >= 11 is 3.49. The lowest BCUT2D eigenvalue weighted by Crippen LogP contribution is -2.67. The summed E-state index contributed by atoms with van der Waals surface area (Å²) in [7, 11) is 1.82. The molecule has 3 N–H and O–H groups in total. The molecule has 1 fully saturated rings. The molecule has 0 bridgehead atoms. The van der Waals surface area contributed by atoms with Gasteiger partial charge in [-0.15, -0.1) is 0 Å². The highest BCUT2D eigenvalue weighted by Crippen LogP contribution is 2.41. The summed E-state index contributed by atoms with van der Waals surface area (Å²) in [6.07, 6.45) is 1.24. The van der Waals surface area contributed by atoms with Crippen LogP contribution in [0.15, 0.2) is 33.7 Å². The Balaban J connectivity index is 2.06. The molecule has 2 heterocycles. The summed E-state index contributed by atoms with van der Waals surface area (Å²) in [4.78, 5) is 39.4. The van der Waals surface area contributed by atoms with E-state index in [1.165, 1.54) is 23.8 Å². The highest BCUT2D eigenvalue weighted by Gasteiger charge is 2.40. The van der Waals surface area contributed by atoms with Gasteiger partial charge in [-0.2, -0.15) is 0 Å². The topological polar surface area (TPSA) is 116 Å². The summed E-state index contributed by atoms with van der Waals surface area (Å²) in [5.74, 6) is -2.91. The molecule has 1 aliphatic heterocycles. The zero-order valence-corrected chi connectivity index (χ0v) is 22.9. The van der Waals surface area contributed by atoms with Gasteiger partial charge < -0.3 is 30.0 Å². The standard InChI is InChI=1S/C26H27BrF2N4O5/c1-5-37-25(36)16-9-33(20-8-19(30)17(28)6-14(20)10-38-13(2)34)22-15(24(16)35)7-18(29)23(21(22)27)32-11-26(3,12-32)31-4/h6-9,31H,5,10-12,30H2,1-4H3. The van der Waals surface area contributed by atoms with Crippen molar-refractivity contribution in [2.24, 2.45) is 0 Å². The monoisotopic (exact) mass is 592 g/mol. The number of carbonyl (C=O) groups excluding carboxylic acids is 2. The van der Waals surface area contributed by atoms with Crippen molar-refractivity contribution in [2.45, 2.75) is 32.9 Å². The summed E-state index contributed by atoms with van der Waals surface area (Å²) in [6.45, 7) is 5.48. The molecule has 0 radical (unpaired) electrons. The second-order valence-corrected chi connectivity index (χ2v) is 10.1. The minimum Gasteiger partial charge on any atom is -0.462 e. The molecule has 3 aromatic rings. The zero-order valence-electron chi connectivity index (χ0n) is 21.3. The van der Waals surface area contributed by atoms with Gasteiger partial charge in [-0.1, -0.05) is 0 Å². The van der Waals surface area contributed by atoms with Crippen LogP contribution in [-0.2, 0) is 20.9 Å². The van der Waals surface area contributed by atoms with Gasteiger partial charge >= 0.3 is 11.9 Å². The number of hydrogen-bond acceptors (Lipinski definition) is 8. The second-order valence-electron chi connectivity index (χ2n) is 9.33. The van der Waals surface area contributed by atoms with Crippen molar-refractivity contribution < 1.29 is 27.8 Å². The first-order valence-electron chi connectivity index (χ1n) is 11.8. The normalized spacial score (nSPS) is 14.3. The predicted octanol–water partition coefficient (Wildman–Crippen LogP) is 3.65. The number of fused-ring (bicyclic) bond motifs is 1. The Morgan fingerprint density at radius 3 is 2.47 bits per heavy atom. The molecular weight excluding hydrogens is 566 g/mol. The number of ether oxygens (including phenoxy) is 2. The lowest BCUT2D eigenvalue weighted by atomic mass is 9.91. The number of hydrogen-bond donors (Lipinski definition) is 2. The maximum absolute atomic E-state index is 15.5. The molecule has 0 amide bonds. The first-order valence-corrected chi connectivity index (χ1v) is 12.6. The SMILES string of the molecule is CCOC(=O)c1cn(-c2cc(N)c(F)cc2COC(C)=O)c2c(Br)c(N3CC(C)(NC)C3)c(F)cc2c1=O. The number of benzene rings is 2. The molecule has 38 heavy (non-hydrogen) atoms. The van der Waals surface area contributed by atoms with Crippen LogP contribution in [0.5, 0.6) is 0 Å². The Hall–Kier alpha value is -3.51. The Morgan fingerprint density at radius 1 is 1.18 bits per heavy atom. The number of pyridine rings is 1. The second kappa shape index (κ2) is 10.3. The smallest absolute Gasteiger partial charge is 0.343 e. The number of aromatic nitrogens is 1. The number of carbonyl (C=O) groups is 2. The number of esters is 2. The average molecular weight is 593 g/mol. The number of anilines is 2. The molecule has 0 unspecified atom stereocenters. The summed E-state index contributed by atoms with van der Waals surface area (Å²) in [5, 5.41) is 3.09. The van der Waals surface area contributed by atoms with Gasteiger partial charge in [-0.3, -0.25) is 9.59 Å². The highest BCUT2D eigenvalue weighted by atomic mass is 79.9. The molecular formula is C26H27BrF2N4O5. The van der Waals surface area contributed by atoms with E-state index in [1.54, 1.807) is 6.92 Å². The van der Waals surface area contributed by atoms with E-state index in [0.717, 1.165) is 12.1 Å². The fraction of sp³-hybridized carbons (Fsp3) is 0.346. The maximum atomic E-state index is 15.5. The third-order valence-electron chi connectivity index (χ3n) is 6.54. The first-order chi connectivity index (χ1) is 17.9. The van der Waals surface area contributed by atoms with Crippen molar-refractivity contribution in [2.75, 3.05) is 37.4 Å². The molecule has 1 aromatic heterocycles. The van der Waals surface area contributed by atoms with Gasteiger partial charge in [0.05, 0.1) is 44.6 Å². The molecule has 12 heteroatoms. The van der Waals surface area contributed by atoms with E-state index >= 15 is 4.39 Å². The van der Waals surface area contributed by atoms with Gasteiger partial charge in [0.25, 0.3) is 0 Å². The maximum Gasteiger partial charge on any atom is 0.343 e. The third-order valence-corrected chi connectivity index (χ3v) is 7.29. The van der Waals surface area contributed by atoms with E-state index in [9.17, 15) is 18.8 Å². The zero-order chi connectivity index (χ0) is 27.9. The van der Waals surface area contributed by atoms with Crippen molar-refractivity contribution in [3.05, 3.63) is 61.9 Å².